The number of carboxylic acid groups (broad SMARTS) is 1. The van der Waals surface area contributed by atoms with Gasteiger partial charge in [-0.2, -0.15) is 0 Å². The van der Waals surface area contributed by atoms with Gasteiger partial charge in [-0.05, 0) is 44.7 Å². The van der Waals surface area contributed by atoms with Crippen molar-refractivity contribution in [1.29, 1.82) is 0 Å². The largest absolute Gasteiger partial charge is 0.481 e. The van der Waals surface area contributed by atoms with Gasteiger partial charge in [-0.25, -0.2) is 0 Å². The predicted molar refractivity (Wildman–Crippen MR) is 71.6 cm³/mol. The molecule has 0 aromatic heterocycles. The highest BCUT2D eigenvalue weighted by molar-refractivity contribution is 5.70. The maximum atomic E-state index is 11.2. The Morgan fingerprint density at radius 1 is 1.11 bits per heavy atom. The van der Waals surface area contributed by atoms with E-state index in [2.05, 4.69) is 10.6 Å². The topological polar surface area (TPSA) is 61.4 Å². The van der Waals surface area contributed by atoms with Gasteiger partial charge < -0.3 is 15.7 Å². The monoisotopic (exact) mass is 254 g/mol. The quantitative estimate of drug-likeness (QED) is 0.697. The summed E-state index contributed by atoms with van der Waals surface area (Å²) in [6.45, 7) is 2.99. The first-order valence-electron chi connectivity index (χ1n) is 7.44. The molecule has 18 heavy (non-hydrogen) atoms. The minimum Gasteiger partial charge on any atom is -0.481 e. The summed E-state index contributed by atoms with van der Waals surface area (Å²) in [6, 6.07) is 0.589. The van der Waals surface area contributed by atoms with Crippen LogP contribution in [0.1, 0.15) is 44.9 Å². The minimum absolute atomic E-state index is 0.120. The molecular formula is C14H26N2O2. The first-order chi connectivity index (χ1) is 8.77. The van der Waals surface area contributed by atoms with E-state index in [1.54, 1.807) is 0 Å². The molecule has 3 atom stereocenters. The van der Waals surface area contributed by atoms with Gasteiger partial charge in [0.05, 0.1) is 5.92 Å². The Hall–Kier alpha value is -0.610. The first kappa shape index (κ1) is 13.8. The summed E-state index contributed by atoms with van der Waals surface area (Å²) in [5, 5.41) is 16.2. The van der Waals surface area contributed by atoms with E-state index in [0.717, 1.165) is 38.9 Å². The lowest BCUT2D eigenvalue weighted by atomic mass is 9.79. The average molecular weight is 254 g/mol. The van der Waals surface area contributed by atoms with Crippen LogP contribution in [0, 0.1) is 11.8 Å². The van der Waals surface area contributed by atoms with Gasteiger partial charge >= 0.3 is 5.97 Å². The molecule has 104 valence electrons. The van der Waals surface area contributed by atoms with Crippen LogP contribution in [0.5, 0.6) is 0 Å². The van der Waals surface area contributed by atoms with Crippen molar-refractivity contribution in [2.75, 3.05) is 19.6 Å². The molecule has 0 bridgehead atoms. The lowest BCUT2D eigenvalue weighted by molar-refractivity contribution is -0.144. The lowest BCUT2D eigenvalue weighted by Gasteiger charge is -2.30. The van der Waals surface area contributed by atoms with E-state index in [0.29, 0.717) is 12.0 Å². The zero-order valence-corrected chi connectivity index (χ0v) is 11.2. The Morgan fingerprint density at radius 3 is 2.61 bits per heavy atom. The Balaban J connectivity index is 1.69. The Kier molecular flexibility index (Phi) is 5.45. The van der Waals surface area contributed by atoms with Crippen LogP contribution >= 0.6 is 0 Å². The summed E-state index contributed by atoms with van der Waals surface area (Å²) >= 11 is 0. The van der Waals surface area contributed by atoms with Crippen LogP contribution in [0.4, 0.5) is 0 Å². The fourth-order valence-corrected chi connectivity index (χ4v) is 3.32. The molecule has 0 radical (unpaired) electrons. The van der Waals surface area contributed by atoms with E-state index in [1.165, 1.54) is 25.7 Å². The van der Waals surface area contributed by atoms with Gasteiger partial charge in [0.1, 0.15) is 0 Å². The Bertz CT molecular complexity index is 265. The van der Waals surface area contributed by atoms with Crippen molar-refractivity contribution in [2.24, 2.45) is 11.8 Å². The van der Waals surface area contributed by atoms with Gasteiger partial charge in [-0.1, -0.05) is 19.3 Å². The minimum atomic E-state index is -0.600. The third-order valence-electron chi connectivity index (χ3n) is 4.44. The summed E-state index contributed by atoms with van der Waals surface area (Å²) in [7, 11) is 0. The van der Waals surface area contributed by atoms with Crippen LogP contribution in [0.25, 0.3) is 0 Å². The Morgan fingerprint density at radius 2 is 1.89 bits per heavy atom. The maximum absolute atomic E-state index is 11.2. The molecule has 4 nitrogen and oxygen atoms in total. The molecule has 3 unspecified atom stereocenters. The molecule has 2 aliphatic rings. The van der Waals surface area contributed by atoms with Gasteiger partial charge in [0.15, 0.2) is 0 Å². The normalized spacial score (nSPS) is 33.2. The predicted octanol–water partition coefficient (Wildman–Crippen LogP) is 1.61. The maximum Gasteiger partial charge on any atom is 0.306 e. The summed E-state index contributed by atoms with van der Waals surface area (Å²) in [5.74, 6) is -0.386. The molecule has 1 heterocycles. The van der Waals surface area contributed by atoms with E-state index in [4.69, 9.17) is 0 Å². The standard InChI is InChI=1S/C14H26N2O2/c17-14(18)13-7-2-1-5-11(13)9-15-10-12-6-3-4-8-16-12/h11-13,15-16H,1-10H2,(H,17,18). The third kappa shape index (κ3) is 3.95. The molecule has 2 rings (SSSR count). The highest BCUT2D eigenvalue weighted by atomic mass is 16.4. The second-order valence-corrected chi connectivity index (χ2v) is 5.79. The summed E-state index contributed by atoms with van der Waals surface area (Å²) in [6.07, 6.45) is 8.07. The van der Waals surface area contributed by atoms with Crippen molar-refractivity contribution in [2.45, 2.75) is 51.0 Å². The van der Waals surface area contributed by atoms with Crippen molar-refractivity contribution >= 4 is 5.97 Å². The number of hydrogen-bond donors (Lipinski definition) is 3. The molecule has 0 aromatic rings. The van der Waals surface area contributed by atoms with E-state index < -0.39 is 5.97 Å². The van der Waals surface area contributed by atoms with Crippen LogP contribution in [-0.2, 0) is 4.79 Å². The van der Waals surface area contributed by atoms with Crippen LogP contribution in [-0.4, -0.2) is 36.8 Å². The number of nitrogens with one attached hydrogen (secondary N) is 2. The van der Waals surface area contributed by atoms with Gasteiger partial charge in [-0.3, -0.25) is 4.79 Å². The fourth-order valence-electron chi connectivity index (χ4n) is 3.32. The fraction of sp³-hybridized carbons (Fsp3) is 0.929. The number of rotatable bonds is 5. The highest BCUT2D eigenvalue weighted by Gasteiger charge is 2.30. The SMILES string of the molecule is O=C(O)C1CCCCC1CNCC1CCCCN1. The molecule has 0 spiro atoms. The smallest absolute Gasteiger partial charge is 0.306 e. The molecule has 4 heteroatoms. The van der Waals surface area contributed by atoms with Crippen LogP contribution in [0.2, 0.25) is 0 Å². The summed E-state index contributed by atoms with van der Waals surface area (Å²) < 4.78 is 0. The molecule has 1 aliphatic carbocycles. The molecule has 1 aliphatic heterocycles. The number of aliphatic carboxylic acids is 1. The molecule has 2 fully saturated rings. The summed E-state index contributed by atoms with van der Waals surface area (Å²) in [5.41, 5.74) is 0. The van der Waals surface area contributed by atoms with Crippen LogP contribution in [0.3, 0.4) is 0 Å². The molecule has 3 N–H and O–H groups in total. The van der Waals surface area contributed by atoms with Crippen molar-refractivity contribution in [3.63, 3.8) is 0 Å². The number of hydrogen-bond acceptors (Lipinski definition) is 3. The van der Waals surface area contributed by atoms with E-state index in [9.17, 15) is 9.90 Å². The average Bonchev–Trinajstić information content (AvgIpc) is 2.40. The second kappa shape index (κ2) is 7.10. The van der Waals surface area contributed by atoms with Gasteiger partial charge in [0, 0.05) is 12.6 Å². The van der Waals surface area contributed by atoms with E-state index in [-0.39, 0.29) is 5.92 Å². The molecule has 0 amide bonds. The number of piperidine rings is 1. The Labute approximate surface area is 110 Å². The zero-order valence-electron chi connectivity index (χ0n) is 11.2. The van der Waals surface area contributed by atoms with E-state index in [1.807, 2.05) is 0 Å². The van der Waals surface area contributed by atoms with Crippen molar-refractivity contribution in [3.05, 3.63) is 0 Å². The van der Waals surface area contributed by atoms with Gasteiger partial charge in [0.25, 0.3) is 0 Å². The first-order valence-corrected chi connectivity index (χ1v) is 7.44. The van der Waals surface area contributed by atoms with Gasteiger partial charge in [0.2, 0.25) is 0 Å². The summed E-state index contributed by atoms with van der Waals surface area (Å²) in [4.78, 5) is 11.2. The zero-order chi connectivity index (χ0) is 12.8. The molecule has 1 saturated carbocycles. The molecule has 0 aromatic carbocycles. The van der Waals surface area contributed by atoms with Crippen molar-refractivity contribution in [3.8, 4) is 0 Å². The number of carbonyl (C=O) groups is 1. The van der Waals surface area contributed by atoms with Gasteiger partial charge in [-0.15, -0.1) is 0 Å². The van der Waals surface area contributed by atoms with E-state index >= 15 is 0 Å². The molecular weight excluding hydrogens is 228 g/mol. The lowest BCUT2D eigenvalue weighted by Crippen LogP contribution is -2.44. The van der Waals surface area contributed by atoms with Crippen LogP contribution in [0.15, 0.2) is 0 Å². The highest BCUT2D eigenvalue weighted by Crippen LogP contribution is 2.29. The third-order valence-corrected chi connectivity index (χ3v) is 4.44. The molecule has 1 saturated heterocycles. The second-order valence-electron chi connectivity index (χ2n) is 5.79. The van der Waals surface area contributed by atoms with Crippen molar-refractivity contribution < 1.29 is 9.90 Å². The van der Waals surface area contributed by atoms with Crippen LogP contribution < -0.4 is 10.6 Å². The number of carboxylic acids is 1. The van der Waals surface area contributed by atoms with Crippen molar-refractivity contribution in [1.82, 2.24) is 10.6 Å².